The van der Waals surface area contributed by atoms with E-state index in [0.717, 1.165) is 18.8 Å². The molecule has 0 aromatic carbocycles. The van der Waals surface area contributed by atoms with Crippen molar-refractivity contribution in [3.63, 3.8) is 0 Å². The van der Waals surface area contributed by atoms with Crippen molar-refractivity contribution in [2.45, 2.75) is 27.3 Å². The minimum Gasteiger partial charge on any atom is -0.300 e. The van der Waals surface area contributed by atoms with Crippen LogP contribution in [0.2, 0.25) is 0 Å². The normalized spacial score (nSPS) is 14.4. The Bertz CT molecular complexity index is 290. The van der Waals surface area contributed by atoms with E-state index in [4.69, 9.17) is 0 Å². The summed E-state index contributed by atoms with van der Waals surface area (Å²) in [5, 5.41) is 2.11. The van der Waals surface area contributed by atoms with Gasteiger partial charge < -0.3 is 4.90 Å². The van der Waals surface area contributed by atoms with Crippen LogP contribution in [0.25, 0.3) is 0 Å². The van der Waals surface area contributed by atoms with Crippen LogP contribution in [0, 0.1) is 11.3 Å². The van der Waals surface area contributed by atoms with Crippen LogP contribution in [0.5, 0.6) is 0 Å². The third-order valence-electron chi connectivity index (χ3n) is 2.89. The van der Waals surface area contributed by atoms with Crippen LogP contribution in [0.1, 0.15) is 26.5 Å². The SMILES string of the molecule is CN(Cc1cscn1)CC(CS)C(C)(C)C. The van der Waals surface area contributed by atoms with Crippen LogP contribution in [-0.4, -0.2) is 29.2 Å². The van der Waals surface area contributed by atoms with Gasteiger partial charge in [0.2, 0.25) is 0 Å². The van der Waals surface area contributed by atoms with Crippen LogP contribution in [0.15, 0.2) is 10.9 Å². The highest BCUT2D eigenvalue weighted by molar-refractivity contribution is 7.80. The summed E-state index contributed by atoms with van der Waals surface area (Å²) in [7, 11) is 2.15. The van der Waals surface area contributed by atoms with Crippen LogP contribution in [0.3, 0.4) is 0 Å². The van der Waals surface area contributed by atoms with Crippen molar-refractivity contribution in [3.8, 4) is 0 Å². The average molecular weight is 258 g/mol. The monoisotopic (exact) mass is 258 g/mol. The molecule has 0 saturated heterocycles. The Labute approximate surface area is 108 Å². The molecule has 1 aromatic heterocycles. The lowest BCUT2D eigenvalue weighted by atomic mass is 9.81. The average Bonchev–Trinajstić information content (AvgIpc) is 2.64. The molecule has 0 aliphatic carbocycles. The zero-order valence-electron chi connectivity index (χ0n) is 10.6. The summed E-state index contributed by atoms with van der Waals surface area (Å²) < 4.78 is 0. The molecule has 0 radical (unpaired) electrons. The standard InChI is InChI=1S/C12H22N2S2/c1-12(2,3)10(7-15)5-14(4)6-11-8-16-9-13-11/h8-10,15H,5-7H2,1-4H3. The zero-order chi connectivity index (χ0) is 12.2. The molecular formula is C12H22N2S2. The van der Waals surface area contributed by atoms with E-state index in [9.17, 15) is 0 Å². The molecule has 16 heavy (non-hydrogen) atoms. The summed E-state index contributed by atoms with van der Waals surface area (Å²) in [6.45, 7) is 8.86. The lowest BCUT2D eigenvalue weighted by Gasteiger charge is -2.32. The van der Waals surface area contributed by atoms with Crippen LogP contribution >= 0.6 is 24.0 Å². The summed E-state index contributed by atoms with van der Waals surface area (Å²) in [5.74, 6) is 1.55. The van der Waals surface area contributed by atoms with Crippen molar-refractivity contribution in [2.24, 2.45) is 11.3 Å². The van der Waals surface area contributed by atoms with Crippen LogP contribution in [0.4, 0.5) is 0 Å². The molecule has 4 heteroatoms. The van der Waals surface area contributed by atoms with Crippen molar-refractivity contribution >= 4 is 24.0 Å². The molecule has 0 aliphatic heterocycles. The molecule has 0 amide bonds. The van der Waals surface area contributed by atoms with Gasteiger partial charge >= 0.3 is 0 Å². The highest BCUT2D eigenvalue weighted by Crippen LogP contribution is 2.27. The second-order valence-corrected chi connectivity index (χ2v) is 6.51. The topological polar surface area (TPSA) is 16.1 Å². The van der Waals surface area contributed by atoms with Gasteiger partial charge in [-0.15, -0.1) is 11.3 Å². The first kappa shape index (κ1) is 14.0. The summed E-state index contributed by atoms with van der Waals surface area (Å²) >= 11 is 6.12. The minimum atomic E-state index is 0.318. The lowest BCUT2D eigenvalue weighted by molar-refractivity contribution is 0.182. The van der Waals surface area contributed by atoms with Crippen molar-refractivity contribution in [3.05, 3.63) is 16.6 Å². The molecule has 1 heterocycles. The van der Waals surface area contributed by atoms with Crippen LogP contribution in [-0.2, 0) is 6.54 Å². The maximum absolute atomic E-state index is 4.46. The van der Waals surface area contributed by atoms with E-state index in [0.29, 0.717) is 11.3 Å². The zero-order valence-corrected chi connectivity index (χ0v) is 12.3. The molecule has 0 fully saturated rings. The molecule has 1 aromatic rings. The Morgan fingerprint density at radius 3 is 2.62 bits per heavy atom. The molecule has 1 rings (SSSR count). The summed E-state index contributed by atoms with van der Waals surface area (Å²) in [6, 6.07) is 0. The number of rotatable bonds is 5. The Kier molecular flexibility index (Phi) is 5.28. The summed E-state index contributed by atoms with van der Waals surface area (Å²) in [5.41, 5.74) is 3.38. The quantitative estimate of drug-likeness (QED) is 0.817. The van der Waals surface area contributed by atoms with Gasteiger partial charge in [0, 0.05) is 18.5 Å². The maximum Gasteiger partial charge on any atom is 0.0795 e. The second-order valence-electron chi connectivity index (χ2n) is 5.42. The van der Waals surface area contributed by atoms with E-state index in [1.54, 1.807) is 11.3 Å². The van der Waals surface area contributed by atoms with E-state index in [2.05, 4.69) is 55.7 Å². The van der Waals surface area contributed by atoms with Crippen LogP contribution < -0.4 is 0 Å². The molecule has 1 atom stereocenters. The molecule has 0 aliphatic rings. The van der Waals surface area contributed by atoms with Gasteiger partial charge in [-0.25, -0.2) is 4.98 Å². The molecular weight excluding hydrogens is 236 g/mol. The summed E-state index contributed by atoms with van der Waals surface area (Å²) in [6.07, 6.45) is 0. The van der Waals surface area contributed by atoms with Crippen molar-refractivity contribution < 1.29 is 0 Å². The largest absolute Gasteiger partial charge is 0.300 e. The first-order chi connectivity index (χ1) is 7.43. The van der Waals surface area contributed by atoms with Gasteiger partial charge in [-0.1, -0.05) is 20.8 Å². The molecule has 92 valence electrons. The Balaban J connectivity index is 2.46. The molecule has 0 bridgehead atoms. The fourth-order valence-electron chi connectivity index (χ4n) is 1.64. The highest BCUT2D eigenvalue weighted by atomic mass is 32.1. The number of thiol groups is 1. The van der Waals surface area contributed by atoms with E-state index in [1.807, 2.05) is 5.51 Å². The first-order valence-electron chi connectivity index (χ1n) is 5.60. The summed E-state index contributed by atoms with van der Waals surface area (Å²) in [4.78, 5) is 6.64. The van der Waals surface area contributed by atoms with Crippen molar-refractivity contribution in [2.75, 3.05) is 19.3 Å². The van der Waals surface area contributed by atoms with E-state index >= 15 is 0 Å². The highest BCUT2D eigenvalue weighted by Gasteiger charge is 2.24. The smallest absolute Gasteiger partial charge is 0.0795 e. The fourth-order valence-corrected chi connectivity index (χ4v) is 2.85. The number of aromatic nitrogens is 1. The van der Waals surface area contributed by atoms with Crippen molar-refractivity contribution in [1.29, 1.82) is 0 Å². The van der Waals surface area contributed by atoms with Gasteiger partial charge in [0.05, 0.1) is 11.2 Å². The minimum absolute atomic E-state index is 0.318. The van der Waals surface area contributed by atoms with Gasteiger partial charge in [0.1, 0.15) is 0 Å². The Hall–Kier alpha value is -0.0600. The van der Waals surface area contributed by atoms with Gasteiger partial charge in [-0.05, 0) is 24.1 Å². The number of hydrogen-bond acceptors (Lipinski definition) is 4. The van der Waals surface area contributed by atoms with E-state index < -0.39 is 0 Å². The fraction of sp³-hybridized carbons (Fsp3) is 0.750. The molecule has 1 unspecified atom stereocenters. The molecule has 2 nitrogen and oxygen atoms in total. The molecule has 0 saturated carbocycles. The van der Waals surface area contributed by atoms with Crippen molar-refractivity contribution in [1.82, 2.24) is 9.88 Å². The first-order valence-corrected chi connectivity index (χ1v) is 7.17. The number of hydrogen-bond donors (Lipinski definition) is 1. The number of nitrogens with zero attached hydrogens (tertiary/aromatic N) is 2. The van der Waals surface area contributed by atoms with Gasteiger partial charge in [-0.3, -0.25) is 0 Å². The van der Waals surface area contributed by atoms with Gasteiger partial charge in [0.15, 0.2) is 0 Å². The second kappa shape index (κ2) is 6.03. The Morgan fingerprint density at radius 2 is 2.19 bits per heavy atom. The van der Waals surface area contributed by atoms with E-state index in [-0.39, 0.29) is 0 Å². The molecule has 0 N–H and O–H groups in total. The maximum atomic E-state index is 4.46. The molecule has 0 spiro atoms. The predicted octanol–water partition coefficient (Wildman–Crippen LogP) is 3.17. The third kappa shape index (κ3) is 4.44. The third-order valence-corrected chi connectivity index (χ3v) is 3.97. The van der Waals surface area contributed by atoms with Gasteiger partial charge in [0.25, 0.3) is 0 Å². The lowest BCUT2D eigenvalue weighted by Crippen LogP contribution is -2.34. The van der Waals surface area contributed by atoms with E-state index in [1.165, 1.54) is 5.69 Å². The number of thiazole rings is 1. The Morgan fingerprint density at radius 1 is 1.50 bits per heavy atom. The van der Waals surface area contributed by atoms with Gasteiger partial charge in [-0.2, -0.15) is 12.6 Å². The predicted molar refractivity (Wildman–Crippen MR) is 75.2 cm³/mol.